The number of hydrogen-bond donors (Lipinski definition) is 1. The smallest absolute Gasteiger partial charge is 0.220 e. The van der Waals surface area contributed by atoms with Crippen molar-refractivity contribution in [3.05, 3.63) is 45.4 Å². The Bertz CT molecular complexity index is 638. The van der Waals surface area contributed by atoms with Crippen LogP contribution in [-0.4, -0.2) is 16.1 Å². The SMILES string of the molecule is CCc1nnc(CNC(=O)CC2CCc3ccccc32)s1. The van der Waals surface area contributed by atoms with Crippen molar-refractivity contribution in [1.82, 2.24) is 15.5 Å². The molecule has 1 aliphatic rings. The first-order valence-corrected chi connectivity index (χ1v) is 8.23. The fraction of sp³-hybridized carbons (Fsp3) is 0.438. The van der Waals surface area contributed by atoms with Crippen molar-refractivity contribution in [3.8, 4) is 0 Å². The predicted molar refractivity (Wildman–Crippen MR) is 83.3 cm³/mol. The van der Waals surface area contributed by atoms with Gasteiger partial charge >= 0.3 is 0 Å². The Hall–Kier alpha value is -1.75. The van der Waals surface area contributed by atoms with Crippen LogP contribution in [0.15, 0.2) is 24.3 Å². The summed E-state index contributed by atoms with van der Waals surface area (Å²) in [7, 11) is 0. The molecule has 1 aliphatic carbocycles. The molecule has 0 radical (unpaired) electrons. The average Bonchev–Trinajstić information content (AvgIpc) is 3.12. The maximum atomic E-state index is 12.1. The predicted octanol–water partition coefficient (Wildman–Crippen LogP) is 2.84. The van der Waals surface area contributed by atoms with E-state index in [0.717, 1.165) is 29.3 Å². The lowest BCUT2D eigenvalue weighted by molar-refractivity contribution is -0.121. The number of amides is 1. The van der Waals surface area contributed by atoms with Gasteiger partial charge in [-0.25, -0.2) is 0 Å². The van der Waals surface area contributed by atoms with Gasteiger partial charge in [0.15, 0.2) is 0 Å². The van der Waals surface area contributed by atoms with Crippen LogP contribution in [0.2, 0.25) is 0 Å². The number of hydrogen-bond acceptors (Lipinski definition) is 4. The second kappa shape index (κ2) is 6.35. The lowest BCUT2D eigenvalue weighted by atomic mass is 9.97. The van der Waals surface area contributed by atoms with Gasteiger partial charge in [0.25, 0.3) is 0 Å². The highest BCUT2D eigenvalue weighted by atomic mass is 32.1. The van der Waals surface area contributed by atoms with Crippen LogP contribution >= 0.6 is 11.3 Å². The quantitative estimate of drug-likeness (QED) is 0.924. The Kier molecular flexibility index (Phi) is 4.29. The van der Waals surface area contributed by atoms with Crippen LogP contribution < -0.4 is 5.32 Å². The minimum absolute atomic E-state index is 0.102. The number of fused-ring (bicyclic) bond motifs is 1. The highest BCUT2D eigenvalue weighted by Crippen LogP contribution is 2.35. The summed E-state index contributed by atoms with van der Waals surface area (Å²) >= 11 is 1.57. The van der Waals surface area contributed by atoms with Gasteiger partial charge in [-0.3, -0.25) is 4.79 Å². The van der Waals surface area contributed by atoms with Gasteiger partial charge in [-0.05, 0) is 36.3 Å². The molecular formula is C16H19N3OS. The van der Waals surface area contributed by atoms with E-state index in [1.54, 1.807) is 11.3 Å². The number of carbonyl (C=O) groups excluding carboxylic acids is 1. The number of carbonyl (C=O) groups is 1. The molecule has 1 atom stereocenters. The van der Waals surface area contributed by atoms with E-state index in [2.05, 4.69) is 46.7 Å². The summed E-state index contributed by atoms with van der Waals surface area (Å²) < 4.78 is 0. The zero-order valence-electron chi connectivity index (χ0n) is 12.1. The Morgan fingerprint density at radius 3 is 2.95 bits per heavy atom. The lowest BCUT2D eigenvalue weighted by Crippen LogP contribution is -2.24. The molecule has 0 spiro atoms. The second-order valence-electron chi connectivity index (χ2n) is 5.36. The summed E-state index contributed by atoms with van der Waals surface area (Å²) in [6, 6.07) is 8.45. The van der Waals surface area contributed by atoms with Crippen LogP contribution in [0, 0.1) is 0 Å². The first-order chi connectivity index (χ1) is 10.3. The molecule has 2 aromatic rings. The van der Waals surface area contributed by atoms with Crippen molar-refractivity contribution in [2.24, 2.45) is 0 Å². The Labute approximate surface area is 128 Å². The van der Waals surface area contributed by atoms with Gasteiger partial charge in [-0.15, -0.1) is 10.2 Å². The molecule has 1 heterocycles. The highest BCUT2D eigenvalue weighted by Gasteiger charge is 2.24. The largest absolute Gasteiger partial charge is 0.349 e. The molecule has 5 heteroatoms. The van der Waals surface area contributed by atoms with Gasteiger partial charge in [0.2, 0.25) is 5.91 Å². The number of aromatic nitrogens is 2. The zero-order valence-corrected chi connectivity index (χ0v) is 12.9. The summed E-state index contributed by atoms with van der Waals surface area (Å²) in [5.74, 6) is 0.465. The van der Waals surface area contributed by atoms with E-state index < -0.39 is 0 Å². The van der Waals surface area contributed by atoms with Gasteiger partial charge in [0.1, 0.15) is 10.0 Å². The van der Waals surface area contributed by atoms with E-state index in [-0.39, 0.29) is 5.91 Å². The molecule has 0 fully saturated rings. The van der Waals surface area contributed by atoms with Crippen molar-refractivity contribution >= 4 is 17.2 Å². The number of rotatable bonds is 5. The number of nitrogens with zero attached hydrogens (tertiary/aromatic N) is 2. The van der Waals surface area contributed by atoms with E-state index in [1.165, 1.54) is 11.1 Å². The van der Waals surface area contributed by atoms with E-state index >= 15 is 0 Å². The molecule has 4 nitrogen and oxygen atoms in total. The molecule has 3 rings (SSSR count). The summed E-state index contributed by atoms with van der Waals surface area (Å²) in [6.07, 6.45) is 3.62. The Balaban J connectivity index is 1.53. The van der Waals surface area contributed by atoms with Crippen LogP contribution in [0.1, 0.15) is 46.8 Å². The molecule has 0 aliphatic heterocycles. The van der Waals surface area contributed by atoms with Crippen LogP contribution in [0.3, 0.4) is 0 Å². The van der Waals surface area contributed by atoms with Crippen LogP contribution in [-0.2, 0) is 24.2 Å². The number of aryl methyl sites for hydroxylation is 2. The molecule has 1 amide bonds. The fourth-order valence-electron chi connectivity index (χ4n) is 2.83. The van der Waals surface area contributed by atoms with Crippen LogP contribution in [0.4, 0.5) is 0 Å². The maximum Gasteiger partial charge on any atom is 0.220 e. The minimum Gasteiger partial charge on any atom is -0.349 e. The summed E-state index contributed by atoms with van der Waals surface area (Å²) in [5, 5.41) is 13.0. The minimum atomic E-state index is 0.102. The molecule has 1 N–H and O–H groups in total. The third-order valence-corrected chi connectivity index (χ3v) is 5.00. The van der Waals surface area contributed by atoms with E-state index in [9.17, 15) is 4.79 Å². The van der Waals surface area contributed by atoms with Crippen LogP contribution in [0.5, 0.6) is 0 Å². The first kappa shape index (κ1) is 14.2. The molecule has 110 valence electrons. The van der Waals surface area contributed by atoms with Gasteiger partial charge < -0.3 is 5.32 Å². The van der Waals surface area contributed by atoms with E-state index in [4.69, 9.17) is 0 Å². The lowest BCUT2D eigenvalue weighted by Gasteiger charge is -2.11. The van der Waals surface area contributed by atoms with Crippen molar-refractivity contribution in [2.75, 3.05) is 0 Å². The third kappa shape index (κ3) is 3.29. The summed E-state index contributed by atoms with van der Waals surface area (Å²) in [6.45, 7) is 2.55. The van der Waals surface area contributed by atoms with Gasteiger partial charge in [0, 0.05) is 6.42 Å². The molecule has 1 unspecified atom stereocenters. The Morgan fingerprint density at radius 1 is 1.33 bits per heavy atom. The van der Waals surface area contributed by atoms with Gasteiger partial charge in [0.05, 0.1) is 6.54 Å². The van der Waals surface area contributed by atoms with Crippen LogP contribution in [0.25, 0.3) is 0 Å². The first-order valence-electron chi connectivity index (χ1n) is 7.42. The molecule has 0 bridgehead atoms. The van der Waals surface area contributed by atoms with Crippen molar-refractivity contribution in [1.29, 1.82) is 0 Å². The summed E-state index contributed by atoms with van der Waals surface area (Å²) in [5.41, 5.74) is 2.74. The van der Waals surface area contributed by atoms with Gasteiger partial charge in [-0.2, -0.15) is 0 Å². The topological polar surface area (TPSA) is 54.9 Å². The van der Waals surface area contributed by atoms with E-state index in [1.807, 2.05) is 0 Å². The monoisotopic (exact) mass is 301 g/mol. The maximum absolute atomic E-state index is 12.1. The van der Waals surface area contributed by atoms with E-state index in [0.29, 0.717) is 18.9 Å². The summed E-state index contributed by atoms with van der Waals surface area (Å²) in [4.78, 5) is 12.1. The third-order valence-electron chi connectivity index (χ3n) is 3.94. The van der Waals surface area contributed by atoms with Crippen molar-refractivity contribution in [3.63, 3.8) is 0 Å². The standard InChI is InChI=1S/C16H19N3OS/c1-2-15-18-19-16(21-15)10-17-14(20)9-12-8-7-11-5-3-4-6-13(11)12/h3-6,12H,2,7-10H2,1H3,(H,17,20). The molecule has 1 aromatic heterocycles. The van der Waals surface area contributed by atoms with Gasteiger partial charge in [-0.1, -0.05) is 42.5 Å². The number of nitrogens with one attached hydrogen (secondary N) is 1. The molecule has 0 saturated heterocycles. The molecule has 0 saturated carbocycles. The average molecular weight is 301 g/mol. The molecule has 1 aromatic carbocycles. The van der Waals surface area contributed by atoms with Crippen molar-refractivity contribution in [2.45, 2.75) is 45.1 Å². The zero-order chi connectivity index (χ0) is 14.7. The Morgan fingerprint density at radius 2 is 2.14 bits per heavy atom. The number of benzene rings is 1. The normalized spacial score (nSPS) is 16.7. The van der Waals surface area contributed by atoms with Crippen molar-refractivity contribution < 1.29 is 4.79 Å². The second-order valence-corrected chi connectivity index (χ2v) is 6.50. The molecule has 21 heavy (non-hydrogen) atoms. The fourth-order valence-corrected chi connectivity index (χ4v) is 3.55. The highest BCUT2D eigenvalue weighted by molar-refractivity contribution is 7.11. The molecular weight excluding hydrogens is 282 g/mol.